The molecule has 1 saturated heterocycles. The zero-order valence-corrected chi connectivity index (χ0v) is 16.6. The van der Waals surface area contributed by atoms with Crippen molar-refractivity contribution in [3.05, 3.63) is 28.2 Å². The Hall–Kier alpha value is -1.35. The van der Waals surface area contributed by atoms with Gasteiger partial charge in [-0.05, 0) is 31.9 Å². The normalized spacial score (nSPS) is 17.5. The van der Waals surface area contributed by atoms with Crippen molar-refractivity contribution in [2.75, 3.05) is 20.2 Å². The number of halogens is 2. The Morgan fingerprint density at radius 1 is 1.19 bits per heavy atom. The van der Waals surface area contributed by atoms with Crippen molar-refractivity contribution in [2.45, 2.75) is 30.8 Å². The van der Waals surface area contributed by atoms with E-state index >= 15 is 0 Å². The molecular formula is C16H19Cl2NO6S. The molecule has 1 aliphatic rings. The van der Waals surface area contributed by atoms with Gasteiger partial charge < -0.3 is 9.47 Å². The average molecular weight is 424 g/mol. The van der Waals surface area contributed by atoms with Gasteiger partial charge in [-0.15, -0.1) is 0 Å². The van der Waals surface area contributed by atoms with E-state index in [4.69, 9.17) is 27.9 Å². The number of methoxy groups -OCH3 is 1. The second kappa shape index (κ2) is 8.56. The quantitative estimate of drug-likeness (QED) is 0.675. The summed E-state index contributed by atoms with van der Waals surface area (Å²) >= 11 is 12.0. The first kappa shape index (κ1) is 21.0. The van der Waals surface area contributed by atoms with Gasteiger partial charge in [-0.1, -0.05) is 29.3 Å². The summed E-state index contributed by atoms with van der Waals surface area (Å²) in [5.41, 5.74) is 0. The van der Waals surface area contributed by atoms with E-state index in [2.05, 4.69) is 4.74 Å². The third kappa shape index (κ3) is 4.49. The summed E-state index contributed by atoms with van der Waals surface area (Å²) in [5.74, 6) is -1.68. The fourth-order valence-corrected chi connectivity index (χ4v) is 5.24. The minimum atomic E-state index is -3.87. The predicted octanol–water partition coefficient (Wildman–Crippen LogP) is 2.50. The van der Waals surface area contributed by atoms with Crippen LogP contribution in [0.5, 0.6) is 0 Å². The van der Waals surface area contributed by atoms with Gasteiger partial charge in [-0.25, -0.2) is 13.2 Å². The van der Waals surface area contributed by atoms with E-state index in [0.29, 0.717) is 0 Å². The number of benzene rings is 1. The zero-order chi connectivity index (χ0) is 19.5. The molecule has 1 heterocycles. The summed E-state index contributed by atoms with van der Waals surface area (Å²) in [6.07, 6.45) is -0.460. The maximum absolute atomic E-state index is 12.8. The van der Waals surface area contributed by atoms with Gasteiger partial charge in [0, 0.05) is 13.1 Å². The minimum Gasteiger partial charge on any atom is -0.466 e. The van der Waals surface area contributed by atoms with Crippen molar-refractivity contribution in [1.29, 1.82) is 0 Å². The number of sulfonamides is 1. The fraction of sp³-hybridized carbons (Fsp3) is 0.500. The summed E-state index contributed by atoms with van der Waals surface area (Å²) in [6.45, 7) is 1.66. The van der Waals surface area contributed by atoms with Crippen molar-refractivity contribution in [3.8, 4) is 0 Å². The molecule has 0 amide bonds. The number of hydrogen-bond acceptors (Lipinski definition) is 6. The van der Waals surface area contributed by atoms with Gasteiger partial charge in [-0.2, -0.15) is 4.31 Å². The second-order valence-electron chi connectivity index (χ2n) is 5.83. The van der Waals surface area contributed by atoms with Crippen molar-refractivity contribution >= 4 is 45.2 Å². The molecule has 1 unspecified atom stereocenters. The largest absolute Gasteiger partial charge is 0.466 e. The van der Waals surface area contributed by atoms with Crippen molar-refractivity contribution in [1.82, 2.24) is 4.31 Å². The molecular weight excluding hydrogens is 405 g/mol. The number of ether oxygens (including phenoxy) is 2. The molecule has 0 N–H and O–H groups in total. The SMILES string of the molecule is COC(=O)C(C)OC(=O)C1CCN(S(=O)(=O)c2c(Cl)cccc2Cl)CC1. The van der Waals surface area contributed by atoms with Crippen LogP contribution < -0.4 is 0 Å². The van der Waals surface area contributed by atoms with Crippen molar-refractivity contribution in [2.24, 2.45) is 5.92 Å². The number of rotatable bonds is 5. The lowest BCUT2D eigenvalue weighted by molar-refractivity contribution is -0.168. The number of carbonyl (C=O) groups excluding carboxylic acids is 2. The van der Waals surface area contributed by atoms with Crippen LogP contribution in [0.2, 0.25) is 10.0 Å². The van der Waals surface area contributed by atoms with Gasteiger partial charge in [0.05, 0.1) is 23.1 Å². The van der Waals surface area contributed by atoms with E-state index in [-0.39, 0.29) is 40.9 Å². The monoisotopic (exact) mass is 423 g/mol. The first-order valence-corrected chi connectivity index (χ1v) is 10.1. The molecule has 1 aliphatic heterocycles. The average Bonchev–Trinajstić information content (AvgIpc) is 2.60. The maximum atomic E-state index is 12.8. The van der Waals surface area contributed by atoms with Crippen LogP contribution in [-0.2, 0) is 29.1 Å². The molecule has 10 heteroatoms. The Balaban J connectivity index is 2.04. The lowest BCUT2D eigenvalue weighted by Gasteiger charge is -2.30. The number of nitrogens with zero attached hydrogens (tertiary/aromatic N) is 1. The summed E-state index contributed by atoms with van der Waals surface area (Å²) in [4.78, 5) is 23.3. The number of carbonyl (C=O) groups is 2. The Labute approximate surface area is 162 Å². The van der Waals surface area contributed by atoms with Gasteiger partial charge in [0.2, 0.25) is 10.0 Å². The maximum Gasteiger partial charge on any atom is 0.346 e. The molecule has 2 rings (SSSR count). The Bertz CT molecular complexity index is 770. The highest BCUT2D eigenvalue weighted by atomic mass is 35.5. The summed E-state index contributed by atoms with van der Waals surface area (Å²) in [7, 11) is -2.67. The second-order valence-corrected chi connectivity index (χ2v) is 8.52. The minimum absolute atomic E-state index is 0.0472. The zero-order valence-electron chi connectivity index (χ0n) is 14.3. The molecule has 0 spiro atoms. The van der Waals surface area contributed by atoms with Crippen LogP contribution in [0.25, 0.3) is 0 Å². The Morgan fingerprint density at radius 3 is 2.23 bits per heavy atom. The molecule has 1 fully saturated rings. The van der Waals surface area contributed by atoms with E-state index in [1.54, 1.807) is 6.07 Å². The van der Waals surface area contributed by atoms with Crippen LogP contribution in [-0.4, -0.2) is 51.0 Å². The number of esters is 2. The summed E-state index contributed by atoms with van der Waals surface area (Å²) in [5, 5.41) is 0.0943. The van der Waals surface area contributed by atoms with Crippen LogP contribution in [0.3, 0.4) is 0 Å². The van der Waals surface area contributed by atoms with Crippen LogP contribution in [0.15, 0.2) is 23.1 Å². The van der Waals surface area contributed by atoms with Crippen molar-refractivity contribution in [3.63, 3.8) is 0 Å². The van der Waals surface area contributed by atoms with Gasteiger partial charge in [-0.3, -0.25) is 4.79 Å². The van der Waals surface area contributed by atoms with E-state index < -0.39 is 34.0 Å². The molecule has 1 aromatic carbocycles. The van der Waals surface area contributed by atoms with Crippen LogP contribution in [0.4, 0.5) is 0 Å². The van der Waals surface area contributed by atoms with Crippen molar-refractivity contribution < 1.29 is 27.5 Å². The van der Waals surface area contributed by atoms with Crippen LogP contribution in [0.1, 0.15) is 19.8 Å². The van der Waals surface area contributed by atoms with Gasteiger partial charge in [0.25, 0.3) is 0 Å². The highest BCUT2D eigenvalue weighted by molar-refractivity contribution is 7.89. The van der Waals surface area contributed by atoms with Gasteiger partial charge >= 0.3 is 11.9 Å². The summed E-state index contributed by atoms with van der Waals surface area (Å²) in [6, 6.07) is 4.48. The lowest BCUT2D eigenvalue weighted by Crippen LogP contribution is -2.41. The highest BCUT2D eigenvalue weighted by Crippen LogP contribution is 2.33. The predicted molar refractivity (Wildman–Crippen MR) is 95.5 cm³/mol. The molecule has 0 radical (unpaired) electrons. The first-order chi connectivity index (χ1) is 12.2. The molecule has 0 bridgehead atoms. The summed E-state index contributed by atoms with van der Waals surface area (Å²) < 4.78 is 36.4. The molecule has 0 aromatic heterocycles. The molecule has 26 heavy (non-hydrogen) atoms. The number of piperidine rings is 1. The van der Waals surface area contributed by atoms with Crippen LogP contribution >= 0.6 is 23.2 Å². The van der Waals surface area contributed by atoms with E-state index in [1.807, 2.05) is 0 Å². The van der Waals surface area contributed by atoms with Gasteiger partial charge in [0.1, 0.15) is 4.90 Å². The lowest BCUT2D eigenvalue weighted by atomic mass is 9.98. The molecule has 144 valence electrons. The molecule has 0 saturated carbocycles. The topological polar surface area (TPSA) is 90.0 Å². The molecule has 0 aliphatic carbocycles. The van der Waals surface area contributed by atoms with E-state index in [0.717, 1.165) is 0 Å². The third-order valence-corrected chi connectivity index (χ3v) is 6.98. The van der Waals surface area contributed by atoms with Crippen LogP contribution in [0, 0.1) is 5.92 Å². The van der Waals surface area contributed by atoms with E-state index in [9.17, 15) is 18.0 Å². The molecule has 1 aromatic rings. The highest BCUT2D eigenvalue weighted by Gasteiger charge is 2.35. The Morgan fingerprint density at radius 2 is 1.73 bits per heavy atom. The smallest absolute Gasteiger partial charge is 0.346 e. The Kier molecular flexibility index (Phi) is 6.90. The van der Waals surface area contributed by atoms with Gasteiger partial charge in [0.15, 0.2) is 6.10 Å². The first-order valence-electron chi connectivity index (χ1n) is 7.91. The van der Waals surface area contributed by atoms with E-state index in [1.165, 1.54) is 30.5 Å². The fourth-order valence-electron chi connectivity index (χ4n) is 2.67. The third-order valence-electron chi connectivity index (χ3n) is 4.13. The molecule has 1 atom stereocenters. The standard InChI is InChI=1S/C16H19Cl2NO6S/c1-10(15(20)24-2)25-16(21)11-6-8-19(9-7-11)26(22,23)14-12(17)4-3-5-13(14)18/h3-5,10-11H,6-9H2,1-2H3. The number of hydrogen-bond donors (Lipinski definition) is 0. The molecule has 7 nitrogen and oxygen atoms in total.